The van der Waals surface area contributed by atoms with Gasteiger partial charge in [-0.3, -0.25) is 18.6 Å². The van der Waals surface area contributed by atoms with Gasteiger partial charge >= 0.3 is 5.69 Å². The first-order valence-corrected chi connectivity index (χ1v) is 9.50. The van der Waals surface area contributed by atoms with E-state index in [1.54, 1.807) is 18.4 Å². The van der Waals surface area contributed by atoms with Crippen LogP contribution in [-0.4, -0.2) is 28.9 Å². The molecule has 3 aromatic heterocycles. The molecule has 8 nitrogen and oxygen atoms in total. The zero-order chi connectivity index (χ0) is 21.0. The second kappa shape index (κ2) is 6.58. The highest BCUT2D eigenvalue weighted by atomic mass is 16.2. The Kier molecular flexibility index (Phi) is 4.29. The Hall–Kier alpha value is -3.42. The number of fused-ring (bicyclic) bond motifs is 3. The van der Waals surface area contributed by atoms with Crippen LogP contribution >= 0.6 is 0 Å². The summed E-state index contributed by atoms with van der Waals surface area (Å²) in [5.74, 6) is 0.324. The minimum atomic E-state index is -0.845. The molecule has 1 aromatic carbocycles. The van der Waals surface area contributed by atoms with E-state index < -0.39 is 17.3 Å². The maximum absolute atomic E-state index is 13.2. The number of aromatic nitrogens is 5. The van der Waals surface area contributed by atoms with Crippen LogP contribution in [0.5, 0.6) is 0 Å². The van der Waals surface area contributed by atoms with Crippen LogP contribution in [0.2, 0.25) is 0 Å². The largest absolute Gasteiger partial charge is 0.333 e. The quantitative estimate of drug-likeness (QED) is 0.532. The lowest BCUT2D eigenvalue weighted by molar-refractivity contribution is -0.119. The van der Waals surface area contributed by atoms with Crippen LogP contribution in [0.25, 0.3) is 16.9 Å². The molecule has 0 spiro atoms. The van der Waals surface area contributed by atoms with E-state index in [2.05, 4.69) is 11.9 Å². The molecule has 0 aliphatic rings. The van der Waals surface area contributed by atoms with Gasteiger partial charge in [-0.25, -0.2) is 9.36 Å². The van der Waals surface area contributed by atoms with Crippen LogP contribution < -0.4 is 11.2 Å². The maximum Gasteiger partial charge on any atom is 0.333 e. The predicted octanol–water partition coefficient (Wildman–Crippen LogP) is 2.22. The Balaban J connectivity index is 2.08. The van der Waals surface area contributed by atoms with Crippen LogP contribution in [0.3, 0.4) is 0 Å². The molecule has 150 valence electrons. The number of aryl methyl sites for hydroxylation is 2. The molecule has 0 saturated carbocycles. The summed E-state index contributed by atoms with van der Waals surface area (Å²) in [7, 11) is 1.57. The van der Waals surface area contributed by atoms with Crippen molar-refractivity contribution in [3.63, 3.8) is 0 Å². The summed E-state index contributed by atoms with van der Waals surface area (Å²) in [4.78, 5) is 42.5. The molecule has 0 saturated heterocycles. The molecule has 0 radical (unpaired) electrons. The number of carbonyl (C=O) groups is 1. The first-order valence-electron chi connectivity index (χ1n) is 9.50. The van der Waals surface area contributed by atoms with E-state index in [1.165, 1.54) is 11.5 Å². The fourth-order valence-electron chi connectivity index (χ4n) is 3.88. The average molecular weight is 393 g/mol. The van der Waals surface area contributed by atoms with Gasteiger partial charge in [0.1, 0.15) is 0 Å². The SMILES string of the molecule is CC(=O)[C@H](C)n1c(=O)c2c(nc3n([C@@H](C)c4ccccc4)c(C)cn23)n(C)c1=O. The third-order valence-electron chi connectivity index (χ3n) is 5.66. The third kappa shape index (κ3) is 2.66. The van der Waals surface area contributed by atoms with Gasteiger partial charge in [-0.15, -0.1) is 0 Å². The number of Topliss-reactive ketones (excluding diaryl/α,β-unsaturated/α-hetero) is 1. The summed E-state index contributed by atoms with van der Waals surface area (Å²) in [5.41, 5.74) is 1.57. The number of rotatable bonds is 4. The highest BCUT2D eigenvalue weighted by Crippen LogP contribution is 2.25. The standard InChI is InChI=1S/C21H23N5O3/c1-12-11-24-17-18(23(5)21(29)26(19(17)28)13(2)15(4)27)22-20(24)25(12)14(3)16-9-7-6-8-10-16/h6-11,13-14H,1-5H3/t13-,14-/m0/s1. The van der Waals surface area contributed by atoms with E-state index in [9.17, 15) is 14.4 Å². The van der Waals surface area contributed by atoms with Crippen molar-refractivity contribution in [2.75, 3.05) is 0 Å². The normalized spacial score (nSPS) is 13.8. The molecule has 2 atom stereocenters. The molecule has 0 amide bonds. The number of imidazole rings is 2. The molecule has 0 bridgehead atoms. The number of nitrogens with zero attached hydrogens (tertiary/aromatic N) is 5. The molecule has 4 rings (SSSR count). The van der Waals surface area contributed by atoms with Crippen molar-refractivity contribution < 1.29 is 4.79 Å². The summed E-state index contributed by atoms with van der Waals surface area (Å²) < 4.78 is 6.09. The van der Waals surface area contributed by atoms with Gasteiger partial charge in [0.2, 0.25) is 5.78 Å². The van der Waals surface area contributed by atoms with Crippen molar-refractivity contribution >= 4 is 22.7 Å². The van der Waals surface area contributed by atoms with Crippen LogP contribution in [0.1, 0.15) is 44.1 Å². The van der Waals surface area contributed by atoms with Gasteiger partial charge in [0, 0.05) is 18.9 Å². The zero-order valence-electron chi connectivity index (χ0n) is 17.1. The Bertz CT molecular complexity index is 1370. The lowest BCUT2D eigenvalue weighted by Gasteiger charge is -2.16. The molecule has 0 unspecified atom stereocenters. The highest BCUT2D eigenvalue weighted by molar-refractivity contribution is 5.80. The van der Waals surface area contributed by atoms with Gasteiger partial charge in [-0.2, -0.15) is 4.98 Å². The smallest absolute Gasteiger partial charge is 0.307 e. The third-order valence-corrected chi connectivity index (χ3v) is 5.66. The molecule has 0 N–H and O–H groups in total. The average Bonchev–Trinajstić information content (AvgIpc) is 3.21. The Morgan fingerprint density at radius 1 is 1.07 bits per heavy atom. The van der Waals surface area contributed by atoms with Gasteiger partial charge in [-0.05, 0) is 33.3 Å². The molecule has 0 aliphatic carbocycles. The van der Waals surface area contributed by atoms with Crippen molar-refractivity contribution in [1.82, 2.24) is 23.1 Å². The van der Waals surface area contributed by atoms with Gasteiger partial charge in [-0.1, -0.05) is 30.3 Å². The van der Waals surface area contributed by atoms with Crippen molar-refractivity contribution in [1.29, 1.82) is 0 Å². The van der Waals surface area contributed by atoms with Gasteiger partial charge in [0.25, 0.3) is 5.56 Å². The number of carbonyl (C=O) groups excluding carboxylic acids is 1. The monoisotopic (exact) mass is 393 g/mol. The van der Waals surface area contributed by atoms with Gasteiger partial charge in [0.15, 0.2) is 16.9 Å². The summed E-state index contributed by atoms with van der Waals surface area (Å²) in [6.07, 6.45) is 1.85. The van der Waals surface area contributed by atoms with Crippen molar-refractivity contribution in [2.45, 2.75) is 39.8 Å². The van der Waals surface area contributed by atoms with Crippen LogP contribution in [0, 0.1) is 6.92 Å². The van der Waals surface area contributed by atoms with E-state index in [0.29, 0.717) is 11.4 Å². The lowest BCUT2D eigenvalue weighted by Crippen LogP contribution is -2.42. The molecule has 0 fully saturated rings. The summed E-state index contributed by atoms with van der Waals surface area (Å²) in [6, 6.07) is 9.15. The first-order chi connectivity index (χ1) is 13.7. The fourth-order valence-corrected chi connectivity index (χ4v) is 3.88. The first kappa shape index (κ1) is 18.9. The van der Waals surface area contributed by atoms with E-state index >= 15 is 0 Å². The molecular formula is C21H23N5O3. The van der Waals surface area contributed by atoms with Crippen molar-refractivity contribution in [3.05, 3.63) is 68.6 Å². The second-order valence-electron chi connectivity index (χ2n) is 7.48. The molecule has 29 heavy (non-hydrogen) atoms. The summed E-state index contributed by atoms with van der Waals surface area (Å²) in [6.45, 7) is 6.95. The summed E-state index contributed by atoms with van der Waals surface area (Å²) >= 11 is 0. The number of ketones is 1. The maximum atomic E-state index is 13.2. The minimum absolute atomic E-state index is 0.0130. The van der Waals surface area contributed by atoms with Crippen LogP contribution in [0.4, 0.5) is 0 Å². The topological polar surface area (TPSA) is 83.3 Å². The Morgan fingerprint density at radius 3 is 2.34 bits per heavy atom. The van der Waals surface area contributed by atoms with Crippen molar-refractivity contribution in [2.24, 2.45) is 7.05 Å². The molecular weight excluding hydrogens is 370 g/mol. The predicted molar refractivity (Wildman–Crippen MR) is 111 cm³/mol. The highest BCUT2D eigenvalue weighted by Gasteiger charge is 2.25. The fraction of sp³-hybridized carbons (Fsp3) is 0.333. The van der Waals surface area contributed by atoms with Crippen LogP contribution in [-0.2, 0) is 11.8 Å². The van der Waals surface area contributed by atoms with E-state index in [1.807, 2.05) is 48.0 Å². The molecule has 3 heterocycles. The van der Waals surface area contributed by atoms with E-state index in [-0.39, 0.29) is 17.3 Å². The molecule has 0 aliphatic heterocycles. The van der Waals surface area contributed by atoms with Crippen molar-refractivity contribution in [3.8, 4) is 0 Å². The van der Waals surface area contributed by atoms with Gasteiger partial charge in [0.05, 0.1) is 12.1 Å². The van der Waals surface area contributed by atoms with E-state index in [0.717, 1.165) is 15.8 Å². The van der Waals surface area contributed by atoms with Gasteiger partial charge < -0.3 is 4.57 Å². The number of hydrogen-bond donors (Lipinski definition) is 0. The number of hydrogen-bond acceptors (Lipinski definition) is 4. The number of benzene rings is 1. The zero-order valence-corrected chi connectivity index (χ0v) is 17.1. The second-order valence-corrected chi connectivity index (χ2v) is 7.48. The Labute approximate surface area is 166 Å². The minimum Gasteiger partial charge on any atom is -0.307 e. The molecule has 4 aromatic rings. The van der Waals surface area contributed by atoms with Crippen LogP contribution in [0.15, 0.2) is 46.1 Å². The Morgan fingerprint density at radius 2 is 1.72 bits per heavy atom. The lowest BCUT2D eigenvalue weighted by atomic mass is 10.1. The summed E-state index contributed by atoms with van der Waals surface area (Å²) in [5, 5.41) is 0. The molecule has 8 heteroatoms. The van der Waals surface area contributed by atoms with E-state index in [4.69, 9.17) is 0 Å².